The summed E-state index contributed by atoms with van der Waals surface area (Å²) in [5, 5.41) is 3.12. The number of amides is 2. The van der Waals surface area contributed by atoms with Gasteiger partial charge in [-0.3, -0.25) is 0 Å². The number of hydrogen-bond donors (Lipinski definition) is 1. The molecular formula is C16H14ClF3N2O. The Bertz CT molecular complexity index is 686. The number of rotatable bonds is 3. The zero-order valence-electron chi connectivity index (χ0n) is 12.2. The van der Waals surface area contributed by atoms with Crippen molar-refractivity contribution in [1.29, 1.82) is 0 Å². The number of hydrogen-bond acceptors (Lipinski definition) is 1. The Labute approximate surface area is 136 Å². The molecule has 0 unspecified atom stereocenters. The number of nitrogens with zero attached hydrogens (tertiary/aromatic N) is 1. The third-order valence-corrected chi connectivity index (χ3v) is 3.42. The van der Waals surface area contributed by atoms with Crippen LogP contribution in [-0.2, 0) is 12.7 Å². The summed E-state index contributed by atoms with van der Waals surface area (Å²) in [7, 11) is 1.43. The highest BCUT2D eigenvalue weighted by atomic mass is 35.5. The molecule has 2 aromatic rings. The molecule has 3 nitrogen and oxygen atoms in total. The number of benzene rings is 2. The van der Waals surface area contributed by atoms with Gasteiger partial charge in [0.15, 0.2) is 0 Å². The highest BCUT2D eigenvalue weighted by molar-refractivity contribution is 6.30. The molecule has 2 rings (SSSR count). The van der Waals surface area contributed by atoms with Gasteiger partial charge in [-0.15, -0.1) is 0 Å². The molecule has 7 heteroatoms. The summed E-state index contributed by atoms with van der Waals surface area (Å²) in [6, 6.07) is 11.1. The van der Waals surface area contributed by atoms with E-state index in [1.54, 1.807) is 24.3 Å². The maximum atomic E-state index is 13.0. The molecule has 0 radical (unpaired) electrons. The van der Waals surface area contributed by atoms with Gasteiger partial charge in [-0.25, -0.2) is 4.79 Å². The van der Waals surface area contributed by atoms with E-state index in [1.807, 2.05) is 0 Å². The molecule has 0 aromatic heterocycles. The highest BCUT2D eigenvalue weighted by Crippen LogP contribution is 2.32. The second kappa shape index (κ2) is 6.91. The van der Waals surface area contributed by atoms with Crippen LogP contribution in [0.15, 0.2) is 48.5 Å². The molecule has 0 saturated carbocycles. The Kier molecular flexibility index (Phi) is 5.15. The predicted molar refractivity (Wildman–Crippen MR) is 83.4 cm³/mol. The number of alkyl halides is 3. The number of anilines is 1. The first-order chi connectivity index (χ1) is 10.8. The average Bonchev–Trinajstić information content (AvgIpc) is 2.49. The van der Waals surface area contributed by atoms with Crippen LogP contribution in [-0.4, -0.2) is 18.0 Å². The third kappa shape index (κ3) is 4.63. The van der Waals surface area contributed by atoms with Crippen molar-refractivity contribution in [2.45, 2.75) is 12.7 Å². The van der Waals surface area contributed by atoms with Crippen molar-refractivity contribution in [2.75, 3.05) is 12.4 Å². The lowest BCUT2D eigenvalue weighted by atomic mass is 10.1. The van der Waals surface area contributed by atoms with E-state index in [0.29, 0.717) is 10.7 Å². The van der Waals surface area contributed by atoms with Crippen molar-refractivity contribution < 1.29 is 18.0 Å². The molecule has 2 aromatic carbocycles. The van der Waals surface area contributed by atoms with Crippen LogP contribution in [0.25, 0.3) is 0 Å². The molecule has 0 aliphatic heterocycles. The molecule has 1 N–H and O–H groups in total. The number of urea groups is 1. The minimum absolute atomic E-state index is 0.0359. The van der Waals surface area contributed by atoms with Crippen LogP contribution in [0, 0.1) is 0 Å². The molecule has 0 spiro atoms. The minimum atomic E-state index is -4.45. The Hall–Kier alpha value is -2.21. The summed E-state index contributed by atoms with van der Waals surface area (Å²) >= 11 is 5.75. The van der Waals surface area contributed by atoms with Crippen molar-refractivity contribution in [3.05, 3.63) is 64.7 Å². The van der Waals surface area contributed by atoms with Crippen molar-refractivity contribution in [3.63, 3.8) is 0 Å². The molecular weight excluding hydrogens is 329 g/mol. The number of carbonyl (C=O) groups excluding carboxylic acids is 1. The van der Waals surface area contributed by atoms with Crippen molar-refractivity contribution in [3.8, 4) is 0 Å². The van der Waals surface area contributed by atoms with E-state index in [4.69, 9.17) is 11.6 Å². The normalized spacial score (nSPS) is 11.2. The molecule has 0 bridgehead atoms. The molecule has 2 amide bonds. The monoisotopic (exact) mass is 342 g/mol. The van der Waals surface area contributed by atoms with Gasteiger partial charge in [-0.2, -0.15) is 13.2 Å². The summed E-state index contributed by atoms with van der Waals surface area (Å²) in [6.07, 6.45) is -4.45. The van der Waals surface area contributed by atoms with Gasteiger partial charge in [0, 0.05) is 24.3 Å². The fourth-order valence-corrected chi connectivity index (χ4v) is 2.14. The summed E-state index contributed by atoms with van der Waals surface area (Å²) in [4.78, 5) is 13.2. The molecule has 122 valence electrons. The summed E-state index contributed by atoms with van der Waals surface area (Å²) in [5.74, 6) is 0. The van der Waals surface area contributed by atoms with Crippen LogP contribution in [0.5, 0.6) is 0 Å². The molecule has 0 saturated heterocycles. The van der Waals surface area contributed by atoms with Crippen LogP contribution < -0.4 is 5.32 Å². The lowest BCUT2D eigenvalue weighted by Crippen LogP contribution is -2.31. The zero-order valence-corrected chi connectivity index (χ0v) is 12.9. The Morgan fingerprint density at radius 3 is 2.35 bits per heavy atom. The van der Waals surface area contributed by atoms with Gasteiger partial charge in [0.05, 0.1) is 5.56 Å². The largest absolute Gasteiger partial charge is 0.416 e. The molecule has 0 fully saturated rings. The first-order valence-electron chi connectivity index (χ1n) is 6.70. The van der Waals surface area contributed by atoms with Crippen LogP contribution in [0.2, 0.25) is 5.02 Å². The van der Waals surface area contributed by atoms with E-state index in [0.717, 1.165) is 6.07 Å². The molecule has 23 heavy (non-hydrogen) atoms. The van der Waals surface area contributed by atoms with E-state index >= 15 is 0 Å². The smallest absolute Gasteiger partial charge is 0.323 e. The topological polar surface area (TPSA) is 32.3 Å². The number of nitrogens with one attached hydrogen (secondary N) is 1. The Balaban J connectivity index is 2.08. The second-order valence-electron chi connectivity index (χ2n) is 4.95. The lowest BCUT2D eigenvalue weighted by molar-refractivity contribution is -0.138. The highest BCUT2D eigenvalue weighted by Gasteiger charge is 2.33. The van der Waals surface area contributed by atoms with Crippen molar-refractivity contribution >= 4 is 23.3 Å². The van der Waals surface area contributed by atoms with Crippen LogP contribution >= 0.6 is 11.6 Å². The van der Waals surface area contributed by atoms with E-state index in [1.165, 1.54) is 30.1 Å². The van der Waals surface area contributed by atoms with E-state index in [9.17, 15) is 18.0 Å². The van der Waals surface area contributed by atoms with Gasteiger partial charge in [0.25, 0.3) is 0 Å². The minimum Gasteiger partial charge on any atom is -0.323 e. The molecule has 0 aliphatic rings. The fourth-order valence-electron chi connectivity index (χ4n) is 2.01. The Morgan fingerprint density at radius 1 is 1.13 bits per heavy atom. The standard InChI is InChI=1S/C16H14ClF3N2O/c1-22(15(23)21-13-8-6-12(17)7-9-13)10-11-4-2-3-5-14(11)16(18,19)20/h2-9H,10H2,1H3,(H,21,23). The summed E-state index contributed by atoms with van der Waals surface area (Å²) in [6.45, 7) is -0.158. The van der Waals surface area contributed by atoms with E-state index < -0.39 is 17.8 Å². The van der Waals surface area contributed by atoms with Gasteiger partial charge < -0.3 is 10.2 Å². The first kappa shape index (κ1) is 17.1. The van der Waals surface area contributed by atoms with Crippen LogP contribution in [0.3, 0.4) is 0 Å². The van der Waals surface area contributed by atoms with Crippen LogP contribution in [0.4, 0.5) is 23.7 Å². The van der Waals surface area contributed by atoms with Crippen molar-refractivity contribution in [2.24, 2.45) is 0 Å². The Morgan fingerprint density at radius 2 is 1.74 bits per heavy atom. The predicted octanol–water partition coefficient (Wildman–Crippen LogP) is 5.02. The van der Waals surface area contributed by atoms with Crippen molar-refractivity contribution in [1.82, 2.24) is 4.90 Å². The fraction of sp³-hybridized carbons (Fsp3) is 0.188. The quantitative estimate of drug-likeness (QED) is 0.834. The van der Waals surface area contributed by atoms with Gasteiger partial charge in [0.2, 0.25) is 0 Å². The average molecular weight is 343 g/mol. The SMILES string of the molecule is CN(Cc1ccccc1C(F)(F)F)C(=O)Nc1ccc(Cl)cc1. The third-order valence-electron chi connectivity index (χ3n) is 3.17. The molecule has 0 aliphatic carbocycles. The van der Waals surface area contributed by atoms with E-state index in [-0.39, 0.29) is 12.1 Å². The number of carbonyl (C=O) groups is 1. The summed E-state index contributed by atoms with van der Waals surface area (Å²) in [5.41, 5.74) is -0.199. The van der Waals surface area contributed by atoms with Gasteiger partial charge in [-0.05, 0) is 35.9 Å². The van der Waals surface area contributed by atoms with E-state index in [2.05, 4.69) is 5.32 Å². The van der Waals surface area contributed by atoms with Gasteiger partial charge >= 0.3 is 12.2 Å². The maximum absolute atomic E-state index is 13.0. The zero-order chi connectivity index (χ0) is 17.0. The number of halogens is 4. The maximum Gasteiger partial charge on any atom is 0.416 e. The second-order valence-corrected chi connectivity index (χ2v) is 5.38. The summed E-state index contributed by atoms with van der Waals surface area (Å²) < 4.78 is 38.9. The lowest BCUT2D eigenvalue weighted by Gasteiger charge is -2.20. The first-order valence-corrected chi connectivity index (χ1v) is 7.08. The molecule has 0 heterocycles. The van der Waals surface area contributed by atoms with Gasteiger partial charge in [0.1, 0.15) is 0 Å². The van der Waals surface area contributed by atoms with Crippen LogP contribution in [0.1, 0.15) is 11.1 Å². The van der Waals surface area contributed by atoms with Gasteiger partial charge in [-0.1, -0.05) is 29.8 Å². The molecule has 0 atom stereocenters.